The molecule has 0 saturated carbocycles. The fourth-order valence-electron chi connectivity index (χ4n) is 3.36. The zero-order chi connectivity index (χ0) is 20.0. The molecule has 1 aliphatic heterocycles. The summed E-state index contributed by atoms with van der Waals surface area (Å²) in [5, 5.41) is 7.59. The minimum absolute atomic E-state index is 0.0196. The van der Waals surface area contributed by atoms with Crippen LogP contribution in [0.5, 0.6) is 0 Å². The predicted octanol–water partition coefficient (Wildman–Crippen LogP) is 6.16. The predicted molar refractivity (Wildman–Crippen MR) is 112 cm³/mol. The Morgan fingerprint density at radius 2 is 1.61 bits per heavy atom. The molecule has 1 aliphatic rings. The average Bonchev–Trinajstić information content (AvgIpc) is 2.67. The summed E-state index contributed by atoms with van der Waals surface area (Å²) >= 11 is 6.03. The lowest BCUT2D eigenvalue weighted by atomic mass is 10.0. The smallest absolute Gasteiger partial charge is 0.219 e. The fourth-order valence-corrected chi connectivity index (χ4v) is 3.58. The molecule has 156 valence electrons. The summed E-state index contributed by atoms with van der Waals surface area (Å²) in [5.41, 5.74) is 1.29. The first-order valence-corrected chi connectivity index (χ1v) is 10.9. The molecular formula is C22H32ClFN2O2. The number of halogens is 2. The summed E-state index contributed by atoms with van der Waals surface area (Å²) in [4.78, 5) is 17.3. The largest absolute Gasteiger partial charge is 0.391 e. The van der Waals surface area contributed by atoms with Crippen molar-refractivity contribution in [2.75, 3.05) is 6.54 Å². The molecular weight excluding hydrogens is 379 g/mol. The summed E-state index contributed by atoms with van der Waals surface area (Å²) in [6.07, 6.45) is 12.4. The molecule has 1 fully saturated rings. The van der Waals surface area contributed by atoms with Gasteiger partial charge in [-0.3, -0.25) is 4.79 Å². The van der Waals surface area contributed by atoms with Gasteiger partial charge in [0, 0.05) is 18.5 Å². The number of amides is 1. The number of rotatable bonds is 3. The average molecular weight is 411 g/mol. The Morgan fingerprint density at radius 1 is 0.964 bits per heavy atom. The zero-order valence-electron chi connectivity index (χ0n) is 16.7. The Hall–Kier alpha value is -1.62. The van der Waals surface area contributed by atoms with Gasteiger partial charge in [0.2, 0.25) is 5.91 Å². The van der Waals surface area contributed by atoms with E-state index in [0.717, 1.165) is 44.2 Å². The molecule has 6 heteroatoms. The van der Waals surface area contributed by atoms with Crippen LogP contribution in [0.1, 0.15) is 82.6 Å². The van der Waals surface area contributed by atoms with Gasteiger partial charge >= 0.3 is 0 Å². The summed E-state index contributed by atoms with van der Waals surface area (Å²) in [6, 6.07) is 4.58. The number of hydrogen-bond acceptors (Lipinski definition) is 3. The number of nitrogens with zero attached hydrogens (tertiary/aromatic N) is 1. The van der Waals surface area contributed by atoms with Gasteiger partial charge in [0.15, 0.2) is 0 Å². The van der Waals surface area contributed by atoms with Crippen molar-refractivity contribution in [3.8, 4) is 0 Å². The van der Waals surface area contributed by atoms with E-state index in [-0.39, 0.29) is 18.3 Å². The molecule has 1 amide bonds. The Bertz CT molecular complexity index is 617. The minimum atomic E-state index is -0.381. The second-order valence-electron chi connectivity index (χ2n) is 7.41. The third-order valence-corrected chi connectivity index (χ3v) is 5.40. The molecule has 0 unspecified atom stereocenters. The number of hydrogen-bond donors (Lipinski definition) is 1. The third-order valence-electron chi connectivity index (χ3n) is 5.05. The van der Waals surface area contributed by atoms with Crippen LogP contribution in [-0.4, -0.2) is 18.2 Å². The van der Waals surface area contributed by atoms with Crippen LogP contribution in [-0.2, 0) is 16.2 Å². The molecule has 28 heavy (non-hydrogen) atoms. The van der Waals surface area contributed by atoms with Crippen molar-refractivity contribution in [1.29, 1.82) is 0 Å². The lowest BCUT2D eigenvalue weighted by molar-refractivity contribution is -0.121. The maximum Gasteiger partial charge on any atom is 0.219 e. The fraction of sp³-hybridized carbons (Fsp3) is 0.636. The van der Waals surface area contributed by atoms with E-state index in [9.17, 15) is 9.18 Å². The van der Waals surface area contributed by atoms with E-state index < -0.39 is 0 Å². The van der Waals surface area contributed by atoms with Crippen LogP contribution in [0.4, 0.5) is 4.39 Å². The maximum absolute atomic E-state index is 13.8. The third kappa shape index (κ3) is 9.05. The lowest BCUT2D eigenvalue weighted by Crippen LogP contribution is -2.24. The second kappa shape index (κ2) is 13.5. The number of carbonyl (C=O) groups excluding carboxylic acids is 1. The summed E-state index contributed by atoms with van der Waals surface area (Å²) in [7, 11) is 0. The van der Waals surface area contributed by atoms with Gasteiger partial charge in [-0.05, 0) is 44.2 Å². The van der Waals surface area contributed by atoms with E-state index in [1.54, 1.807) is 12.1 Å². The van der Waals surface area contributed by atoms with Crippen molar-refractivity contribution < 1.29 is 14.0 Å². The van der Waals surface area contributed by atoms with Crippen LogP contribution >= 0.6 is 11.6 Å². The molecule has 0 spiro atoms. The molecule has 0 aromatic heterocycles. The molecule has 1 aromatic carbocycles. The molecule has 0 atom stereocenters. The molecule has 0 aliphatic carbocycles. The number of benzene rings is 1. The van der Waals surface area contributed by atoms with Gasteiger partial charge in [-0.2, -0.15) is 0 Å². The van der Waals surface area contributed by atoms with Gasteiger partial charge in [0.25, 0.3) is 0 Å². The summed E-state index contributed by atoms with van der Waals surface area (Å²) < 4.78 is 13.8. The van der Waals surface area contributed by atoms with Crippen molar-refractivity contribution in [3.63, 3.8) is 0 Å². The highest BCUT2D eigenvalue weighted by Gasteiger charge is 2.08. The topological polar surface area (TPSA) is 50.7 Å². The van der Waals surface area contributed by atoms with Crippen molar-refractivity contribution >= 4 is 23.2 Å². The maximum atomic E-state index is 13.8. The minimum Gasteiger partial charge on any atom is -0.391 e. The monoisotopic (exact) mass is 410 g/mol. The molecule has 1 N–H and O–H groups in total. The quantitative estimate of drug-likeness (QED) is 0.606. The zero-order valence-corrected chi connectivity index (χ0v) is 17.4. The van der Waals surface area contributed by atoms with Crippen molar-refractivity contribution in [1.82, 2.24) is 5.32 Å². The molecule has 0 bridgehead atoms. The first-order chi connectivity index (χ1) is 13.7. The first kappa shape index (κ1) is 22.7. The molecule has 1 aromatic rings. The summed E-state index contributed by atoms with van der Waals surface area (Å²) in [6.45, 7) is 0.669. The van der Waals surface area contributed by atoms with Crippen LogP contribution < -0.4 is 5.32 Å². The van der Waals surface area contributed by atoms with E-state index in [2.05, 4.69) is 10.5 Å². The van der Waals surface area contributed by atoms with Gasteiger partial charge < -0.3 is 10.2 Å². The van der Waals surface area contributed by atoms with E-state index in [0.29, 0.717) is 23.6 Å². The van der Waals surface area contributed by atoms with Crippen LogP contribution in [0.25, 0.3) is 0 Å². The second-order valence-corrected chi connectivity index (χ2v) is 7.82. The standard InChI is InChI=1S/C22H32ClFN2O2/c23-20-13-9-14-21(24)19(20)17-28-26-18-11-7-5-3-1-2-4-6-8-15-22(27)25-16-10-12-18/h9,13-14H,1-8,10-12,15-17H2,(H,25,27)/b26-18-. The van der Waals surface area contributed by atoms with Crippen molar-refractivity contribution in [2.45, 2.75) is 83.7 Å². The highest BCUT2D eigenvalue weighted by Crippen LogP contribution is 2.20. The SMILES string of the molecule is O=C1CCCCCCCCCC/C(=N/OCc2c(F)cccc2Cl)CCCN1. The first-order valence-electron chi connectivity index (χ1n) is 10.5. The van der Waals surface area contributed by atoms with Crippen LogP contribution in [0.3, 0.4) is 0 Å². The highest BCUT2D eigenvalue weighted by molar-refractivity contribution is 6.31. The van der Waals surface area contributed by atoms with Gasteiger partial charge in [-0.25, -0.2) is 4.39 Å². The Balaban J connectivity index is 1.87. The molecule has 2 rings (SSSR count). The van der Waals surface area contributed by atoms with Gasteiger partial charge in [0.05, 0.1) is 10.7 Å². The van der Waals surface area contributed by atoms with Crippen molar-refractivity contribution in [2.24, 2.45) is 5.16 Å². The van der Waals surface area contributed by atoms with Gasteiger partial charge in [0.1, 0.15) is 12.4 Å². The lowest BCUT2D eigenvalue weighted by Gasteiger charge is -2.10. The highest BCUT2D eigenvalue weighted by atomic mass is 35.5. The van der Waals surface area contributed by atoms with E-state index >= 15 is 0 Å². The van der Waals surface area contributed by atoms with Gasteiger partial charge in [-0.15, -0.1) is 0 Å². The van der Waals surface area contributed by atoms with Crippen molar-refractivity contribution in [3.05, 3.63) is 34.6 Å². The normalized spacial score (nSPS) is 19.9. The van der Waals surface area contributed by atoms with E-state index in [1.807, 2.05) is 0 Å². The van der Waals surface area contributed by atoms with Crippen LogP contribution in [0, 0.1) is 5.82 Å². The summed E-state index contributed by atoms with van der Waals surface area (Å²) in [5.74, 6) is -0.246. The molecule has 1 heterocycles. The molecule has 4 nitrogen and oxygen atoms in total. The molecule has 0 radical (unpaired) electrons. The number of nitrogens with one attached hydrogen (secondary N) is 1. The molecule has 1 saturated heterocycles. The van der Waals surface area contributed by atoms with E-state index in [1.165, 1.54) is 38.2 Å². The number of carbonyl (C=O) groups is 1. The van der Waals surface area contributed by atoms with Crippen LogP contribution in [0.15, 0.2) is 23.4 Å². The van der Waals surface area contributed by atoms with E-state index in [4.69, 9.17) is 16.4 Å². The Labute approximate surface area is 172 Å². The number of oxime groups is 1. The van der Waals surface area contributed by atoms with Crippen LogP contribution in [0.2, 0.25) is 5.02 Å². The Morgan fingerprint density at radius 3 is 2.32 bits per heavy atom. The van der Waals surface area contributed by atoms with Gasteiger partial charge in [-0.1, -0.05) is 61.3 Å². The Kier molecular flexibility index (Phi) is 11.0.